The first-order chi connectivity index (χ1) is 15.2. The van der Waals surface area contributed by atoms with E-state index in [1.165, 1.54) is 11.1 Å². The van der Waals surface area contributed by atoms with Crippen LogP contribution in [0.15, 0.2) is 77.2 Å². The molecule has 0 atom stereocenters. The van der Waals surface area contributed by atoms with Gasteiger partial charge >= 0.3 is 0 Å². The molecule has 0 unspecified atom stereocenters. The molecule has 2 heterocycles. The monoisotopic (exact) mass is 407 g/mol. The molecule has 3 aromatic carbocycles. The maximum Gasteiger partial charge on any atom is 0.286 e. The number of rotatable bonds is 5. The summed E-state index contributed by atoms with van der Waals surface area (Å²) in [7, 11) is 0. The summed E-state index contributed by atoms with van der Waals surface area (Å²) in [5, 5.41) is 12.8. The number of nitrogens with one attached hydrogen (secondary N) is 1. The number of nitrogens with zero attached hydrogens (tertiary/aromatic N) is 4. The first-order valence-corrected chi connectivity index (χ1v) is 10.1. The Kier molecular flexibility index (Phi) is 4.88. The second-order valence-electron chi connectivity index (χ2n) is 7.53. The van der Waals surface area contributed by atoms with E-state index in [4.69, 9.17) is 9.40 Å². The highest BCUT2D eigenvalue weighted by molar-refractivity contribution is 5.90. The molecule has 0 aliphatic heterocycles. The van der Waals surface area contributed by atoms with Crippen LogP contribution in [-0.2, 0) is 6.54 Å². The van der Waals surface area contributed by atoms with Crippen molar-refractivity contribution in [2.75, 3.05) is 5.32 Å². The molecule has 0 fully saturated rings. The molecule has 6 nitrogen and oxygen atoms in total. The zero-order chi connectivity index (χ0) is 21.2. The van der Waals surface area contributed by atoms with Crippen molar-refractivity contribution in [3.63, 3.8) is 0 Å². The standard InChI is InChI=1S/C25H21N5O/c1-16-10-12-18(13-11-16)15-26-22-20-8-3-4-9-21(20)27-23(28-22)25-30-29-24(31-25)19-7-5-6-17(2)14-19/h3-14H,15H2,1-2H3,(H,26,27,28). The maximum atomic E-state index is 5.92. The molecule has 5 aromatic rings. The van der Waals surface area contributed by atoms with Gasteiger partial charge in [0.25, 0.3) is 5.89 Å². The van der Waals surface area contributed by atoms with Crippen molar-refractivity contribution in [2.24, 2.45) is 0 Å². The number of para-hydroxylation sites is 1. The molecule has 31 heavy (non-hydrogen) atoms. The molecule has 1 N–H and O–H groups in total. The number of anilines is 1. The number of benzene rings is 3. The van der Waals surface area contributed by atoms with Gasteiger partial charge in [0.2, 0.25) is 11.7 Å². The second kappa shape index (κ2) is 7.99. The van der Waals surface area contributed by atoms with E-state index < -0.39 is 0 Å². The average Bonchev–Trinajstić information content (AvgIpc) is 3.29. The maximum absolute atomic E-state index is 5.92. The van der Waals surface area contributed by atoms with Gasteiger partial charge in [0.1, 0.15) is 5.82 Å². The molecule has 5 rings (SSSR count). The van der Waals surface area contributed by atoms with Crippen molar-refractivity contribution in [3.05, 3.63) is 89.5 Å². The van der Waals surface area contributed by atoms with Gasteiger partial charge in [-0.05, 0) is 43.7 Å². The Hall–Kier alpha value is -4.06. The van der Waals surface area contributed by atoms with Crippen molar-refractivity contribution >= 4 is 16.7 Å². The van der Waals surface area contributed by atoms with E-state index in [-0.39, 0.29) is 0 Å². The lowest BCUT2D eigenvalue weighted by Gasteiger charge is -2.10. The zero-order valence-corrected chi connectivity index (χ0v) is 17.3. The van der Waals surface area contributed by atoms with Crippen LogP contribution in [0.2, 0.25) is 0 Å². The van der Waals surface area contributed by atoms with Gasteiger partial charge in [-0.2, -0.15) is 0 Å². The summed E-state index contributed by atoms with van der Waals surface area (Å²) in [6, 6.07) is 24.3. The lowest BCUT2D eigenvalue weighted by atomic mass is 10.1. The van der Waals surface area contributed by atoms with Gasteiger partial charge in [-0.1, -0.05) is 59.7 Å². The van der Waals surface area contributed by atoms with Crippen molar-refractivity contribution in [3.8, 4) is 23.2 Å². The average molecular weight is 407 g/mol. The Morgan fingerprint density at radius 1 is 0.774 bits per heavy atom. The van der Waals surface area contributed by atoms with Gasteiger partial charge in [0.05, 0.1) is 5.52 Å². The Morgan fingerprint density at radius 3 is 2.42 bits per heavy atom. The van der Waals surface area contributed by atoms with Gasteiger partial charge in [-0.25, -0.2) is 9.97 Å². The third-order valence-electron chi connectivity index (χ3n) is 5.07. The van der Waals surface area contributed by atoms with Crippen LogP contribution < -0.4 is 5.32 Å². The minimum Gasteiger partial charge on any atom is -0.413 e. The Morgan fingerprint density at radius 2 is 1.58 bits per heavy atom. The van der Waals surface area contributed by atoms with Gasteiger partial charge in [-0.15, -0.1) is 10.2 Å². The molecule has 6 heteroatoms. The fourth-order valence-corrected chi connectivity index (χ4v) is 3.41. The third kappa shape index (κ3) is 4.00. The van der Waals surface area contributed by atoms with Crippen LogP contribution in [-0.4, -0.2) is 20.2 Å². The van der Waals surface area contributed by atoms with Gasteiger partial charge in [-0.3, -0.25) is 0 Å². The normalized spacial score (nSPS) is 11.0. The number of aryl methyl sites for hydroxylation is 2. The van der Waals surface area contributed by atoms with E-state index in [2.05, 4.69) is 51.7 Å². The van der Waals surface area contributed by atoms with Crippen LogP contribution >= 0.6 is 0 Å². The fraction of sp³-hybridized carbons (Fsp3) is 0.120. The van der Waals surface area contributed by atoms with Crippen LogP contribution in [0.4, 0.5) is 5.82 Å². The molecule has 152 valence electrons. The quantitative estimate of drug-likeness (QED) is 0.410. The van der Waals surface area contributed by atoms with Crippen molar-refractivity contribution < 1.29 is 4.42 Å². The van der Waals surface area contributed by atoms with E-state index >= 15 is 0 Å². The Bertz CT molecular complexity index is 1360. The van der Waals surface area contributed by atoms with E-state index in [0.29, 0.717) is 24.2 Å². The lowest BCUT2D eigenvalue weighted by Crippen LogP contribution is -2.04. The third-order valence-corrected chi connectivity index (χ3v) is 5.07. The summed E-state index contributed by atoms with van der Waals surface area (Å²) in [6.45, 7) is 4.76. The zero-order valence-electron chi connectivity index (χ0n) is 17.3. The van der Waals surface area contributed by atoms with E-state index in [0.717, 1.165) is 27.8 Å². The van der Waals surface area contributed by atoms with Gasteiger partial charge in [0.15, 0.2) is 0 Å². The minimum absolute atomic E-state index is 0.292. The van der Waals surface area contributed by atoms with Crippen LogP contribution in [0.1, 0.15) is 16.7 Å². The Balaban J connectivity index is 1.50. The van der Waals surface area contributed by atoms with Crippen molar-refractivity contribution in [1.82, 2.24) is 20.2 Å². The molecule has 0 saturated heterocycles. The number of fused-ring (bicyclic) bond motifs is 1. The molecule has 0 aliphatic rings. The smallest absolute Gasteiger partial charge is 0.286 e. The summed E-state index contributed by atoms with van der Waals surface area (Å²) in [5.41, 5.74) is 5.22. The fourth-order valence-electron chi connectivity index (χ4n) is 3.41. The molecular formula is C25H21N5O. The van der Waals surface area contributed by atoms with Gasteiger partial charge < -0.3 is 9.73 Å². The molecule has 0 amide bonds. The van der Waals surface area contributed by atoms with E-state index in [9.17, 15) is 0 Å². The number of hydrogen-bond donors (Lipinski definition) is 1. The summed E-state index contributed by atoms with van der Waals surface area (Å²) in [4.78, 5) is 9.36. The summed E-state index contributed by atoms with van der Waals surface area (Å²) >= 11 is 0. The van der Waals surface area contributed by atoms with Crippen molar-refractivity contribution in [1.29, 1.82) is 0 Å². The van der Waals surface area contributed by atoms with Gasteiger partial charge in [0, 0.05) is 17.5 Å². The molecule has 0 spiro atoms. The topological polar surface area (TPSA) is 76.7 Å². The molecule has 2 aromatic heterocycles. The predicted molar refractivity (Wildman–Crippen MR) is 122 cm³/mol. The summed E-state index contributed by atoms with van der Waals surface area (Å²) < 4.78 is 5.92. The SMILES string of the molecule is Cc1ccc(CNc2nc(-c3nnc(-c4cccc(C)c4)o3)nc3ccccc23)cc1. The first kappa shape index (κ1) is 18.9. The minimum atomic E-state index is 0.292. The summed E-state index contributed by atoms with van der Waals surface area (Å²) in [6.07, 6.45) is 0. The number of hydrogen-bond acceptors (Lipinski definition) is 6. The highest BCUT2D eigenvalue weighted by atomic mass is 16.4. The van der Waals surface area contributed by atoms with Crippen LogP contribution in [0, 0.1) is 13.8 Å². The largest absolute Gasteiger partial charge is 0.413 e. The number of aromatic nitrogens is 4. The predicted octanol–water partition coefficient (Wildman–Crippen LogP) is 5.58. The van der Waals surface area contributed by atoms with Crippen LogP contribution in [0.25, 0.3) is 34.1 Å². The highest BCUT2D eigenvalue weighted by Gasteiger charge is 2.16. The summed E-state index contributed by atoms with van der Waals surface area (Å²) in [5.74, 6) is 1.87. The van der Waals surface area contributed by atoms with E-state index in [1.807, 2.05) is 55.5 Å². The Labute approximate surface area is 180 Å². The molecule has 0 saturated carbocycles. The van der Waals surface area contributed by atoms with Crippen LogP contribution in [0.5, 0.6) is 0 Å². The van der Waals surface area contributed by atoms with Crippen LogP contribution in [0.3, 0.4) is 0 Å². The second-order valence-corrected chi connectivity index (χ2v) is 7.53. The molecule has 0 aliphatic carbocycles. The molecular weight excluding hydrogens is 386 g/mol. The first-order valence-electron chi connectivity index (χ1n) is 10.1. The molecule has 0 radical (unpaired) electrons. The highest BCUT2D eigenvalue weighted by Crippen LogP contribution is 2.27. The molecule has 0 bridgehead atoms. The van der Waals surface area contributed by atoms with Crippen molar-refractivity contribution in [2.45, 2.75) is 20.4 Å². The lowest BCUT2D eigenvalue weighted by molar-refractivity contribution is 0.579. The van der Waals surface area contributed by atoms with E-state index in [1.54, 1.807) is 0 Å².